The molecule has 0 radical (unpaired) electrons. The maximum Gasteiger partial charge on any atom is 0.154 e. The highest BCUT2D eigenvalue weighted by Crippen LogP contribution is 2.38. The highest BCUT2D eigenvalue weighted by Gasteiger charge is 2.52. The zero-order valence-electron chi connectivity index (χ0n) is 66.5. The van der Waals surface area contributed by atoms with Crippen molar-refractivity contribution in [1.82, 2.24) is 0 Å². The van der Waals surface area contributed by atoms with Crippen LogP contribution < -0.4 is 0 Å². The van der Waals surface area contributed by atoms with Crippen molar-refractivity contribution in [1.29, 1.82) is 0 Å². The van der Waals surface area contributed by atoms with E-state index in [1.54, 1.807) is 0 Å². The normalized spacial score (nSPS) is 12.8. The van der Waals surface area contributed by atoms with Gasteiger partial charge in [-0.1, -0.05) is 424 Å². The second-order valence-electron chi connectivity index (χ2n) is 31.3. The smallest absolute Gasteiger partial charge is 0.154 e. The Hall–Kier alpha value is -2.17. The summed E-state index contributed by atoms with van der Waals surface area (Å²) in [5.74, 6) is -0.895. The third kappa shape index (κ3) is 64.4. The van der Waals surface area contributed by atoms with Crippen LogP contribution in [0, 0.1) is 11.3 Å². The van der Waals surface area contributed by atoms with Gasteiger partial charge in [0.15, 0.2) is 17.0 Å². The van der Waals surface area contributed by atoms with Crippen molar-refractivity contribution in [2.75, 3.05) is 0 Å². The molecular formula is C92H172O5. The molecule has 5 nitrogen and oxygen atoms in total. The molecule has 0 aromatic carbocycles. The van der Waals surface area contributed by atoms with Gasteiger partial charge < -0.3 is 4.79 Å². The molecule has 0 rings (SSSR count). The van der Waals surface area contributed by atoms with E-state index in [0.29, 0.717) is 37.8 Å². The number of aldehydes is 1. The molecule has 0 aliphatic rings. The lowest BCUT2D eigenvalue weighted by atomic mass is 9.64. The second kappa shape index (κ2) is 79.5. The third-order valence-corrected chi connectivity index (χ3v) is 21.9. The van der Waals surface area contributed by atoms with Crippen molar-refractivity contribution in [3.8, 4) is 0 Å². The average molecular weight is 1360 g/mol. The Morgan fingerprint density at radius 2 is 0.412 bits per heavy atom. The Kier molecular flexibility index (Phi) is 77.8. The van der Waals surface area contributed by atoms with Gasteiger partial charge in [-0.25, -0.2) is 0 Å². The van der Waals surface area contributed by atoms with E-state index in [1.807, 2.05) is 0 Å². The number of hydrogen-bond donors (Lipinski definition) is 0. The molecule has 97 heavy (non-hydrogen) atoms. The van der Waals surface area contributed by atoms with Crippen molar-refractivity contribution < 1.29 is 24.0 Å². The van der Waals surface area contributed by atoms with E-state index in [4.69, 9.17) is 0 Å². The number of hydrogen-bond acceptors (Lipinski definition) is 5. The van der Waals surface area contributed by atoms with E-state index in [-0.39, 0.29) is 30.2 Å². The molecule has 2 atom stereocenters. The molecule has 0 aliphatic carbocycles. The summed E-state index contributed by atoms with van der Waals surface area (Å²) in [7, 11) is 0. The summed E-state index contributed by atoms with van der Waals surface area (Å²) < 4.78 is 0. The summed E-state index contributed by atoms with van der Waals surface area (Å²) in [4.78, 5) is 70.9. The molecule has 0 saturated carbocycles. The van der Waals surface area contributed by atoms with Crippen LogP contribution in [-0.2, 0) is 24.0 Å². The molecule has 5 heteroatoms. The minimum atomic E-state index is -1.84. The minimum absolute atomic E-state index is 0.00618. The molecule has 0 bridgehead atoms. The number of Topliss-reactive ketones (excluding diaryl/α,β-unsaturated/α-hetero) is 4. The first kappa shape index (κ1) is 94.8. The van der Waals surface area contributed by atoms with Crippen molar-refractivity contribution in [3.05, 3.63) is 24.3 Å². The maximum absolute atomic E-state index is 14.9. The van der Waals surface area contributed by atoms with Crippen molar-refractivity contribution in [3.63, 3.8) is 0 Å². The van der Waals surface area contributed by atoms with E-state index >= 15 is 0 Å². The molecule has 0 aliphatic heterocycles. The van der Waals surface area contributed by atoms with Crippen LogP contribution in [0.4, 0.5) is 0 Å². The first-order valence-electron chi connectivity index (χ1n) is 44.7. The Bertz CT molecular complexity index is 1710. The Balaban J connectivity index is 5.33. The lowest BCUT2D eigenvalue weighted by molar-refractivity contribution is -0.153. The maximum atomic E-state index is 14.9. The number of allylic oxidation sites excluding steroid dienone is 4. The van der Waals surface area contributed by atoms with Gasteiger partial charge >= 0.3 is 0 Å². The molecule has 2 unspecified atom stereocenters. The summed E-state index contributed by atoms with van der Waals surface area (Å²) in [5, 5.41) is 0. The molecule has 0 aromatic rings. The van der Waals surface area contributed by atoms with E-state index in [1.165, 1.54) is 340 Å². The fourth-order valence-electron chi connectivity index (χ4n) is 15.2. The molecule has 0 aromatic heterocycles. The standard InChI is InChI=1S/C92H172O5/c1-5-9-13-17-21-25-29-33-37-38-42-47-53-59-65-71-77-83-89(95)88(82-76-70-64-58-52-46-43-45-51-57-63-69-75-81-87(94)80-74-68-62-56-50-44-39-34-30-26-22-18-14-10-6-2)92(86-93,90(96)84-78-72-66-60-54-48-40-35-31-27-23-19-15-11-7-3)91(97)85-79-73-67-61-55-49-41-36-32-28-24-20-16-12-8-4/h34-35,39-40,86,88H,5-33,36-38,41-85H2,1-4H3/b39-34-,40-35-. The van der Waals surface area contributed by atoms with E-state index in [9.17, 15) is 24.0 Å². The van der Waals surface area contributed by atoms with Crippen LogP contribution in [0.25, 0.3) is 0 Å². The third-order valence-electron chi connectivity index (χ3n) is 21.9. The fourth-order valence-corrected chi connectivity index (χ4v) is 15.2. The van der Waals surface area contributed by atoms with Gasteiger partial charge in [0.2, 0.25) is 0 Å². The van der Waals surface area contributed by atoms with Gasteiger partial charge in [0.1, 0.15) is 17.9 Å². The average Bonchev–Trinajstić information content (AvgIpc) is 0.783. The van der Waals surface area contributed by atoms with Crippen molar-refractivity contribution >= 4 is 29.4 Å². The number of ketones is 4. The van der Waals surface area contributed by atoms with E-state index in [0.717, 1.165) is 116 Å². The van der Waals surface area contributed by atoms with Crippen molar-refractivity contribution in [2.45, 2.75) is 522 Å². The first-order chi connectivity index (χ1) is 47.8. The second-order valence-corrected chi connectivity index (χ2v) is 31.3. The molecule has 0 amide bonds. The van der Waals surface area contributed by atoms with Crippen LogP contribution in [-0.4, -0.2) is 29.4 Å². The molecule has 570 valence electrons. The molecule has 0 saturated heterocycles. The monoisotopic (exact) mass is 1360 g/mol. The van der Waals surface area contributed by atoms with Crippen molar-refractivity contribution in [2.24, 2.45) is 11.3 Å². The van der Waals surface area contributed by atoms with E-state index < -0.39 is 11.3 Å². The SMILES string of the molecule is CCCCCCCC/C=C\CCCCCCCC(=O)CCCCCCCCCCCCCCCC(C(=O)CCCCCCCCCCCCCCCCCCC)C(C=O)(C(=O)CCCCCCC/C=C\CCCCCCCC)C(=O)CCCCCCCCCCCCCCCCC. The van der Waals surface area contributed by atoms with Crippen LogP contribution in [0.15, 0.2) is 24.3 Å². The highest BCUT2D eigenvalue weighted by atomic mass is 16.2. The summed E-state index contributed by atoms with van der Waals surface area (Å²) in [6, 6.07) is 0. The van der Waals surface area contributed by atoms with Crippen LogP contribution in [0.3, 0.4) is 0 Å². The van der Waals surface area contributed by atoms with Gasteiger partial charge in [-0.3, -0.25) is 19.2 Å². The van der Waals surface area contributed by atoms with Gasteiger partial charge in [0.25, 0.3) is 0 Å². The number of rotatable bonds is 85. The summed E-state index contributed by atoms with van der Waals surface area (Å²) in [6.45, 7) is 9.13. The fraction of sp³-hybridized carbons (Fsp3) is 0.902. The van der Waals surface area contributed by atoms with Crippen LogP contribution in [0.2, 0.25) is 0 Å². The lowest BCUT2D eigenvalue weighted by Crippen LogP contribution is -2.50. The zero-order chi connectivity index (χ0) is 70.4. The molecule has 0 heterocycles. The summed E-state index contributed by atoms with van der Waals surface area (Å²) in [5.41, 5.74) is -1.84. The Labute approximate surface area is 607 Å². The van der Waals surface area contributed by atoms with Crippen LogP contribution in [0.5, 0.6) is 0 Å². The van der Waals surface area contributed by atoms with Crippen LogP contribution in [0.1, 0.15) is 522 Å². The number of carbonyl (C=O) groups excluding carboxylic acids is 5. The topological polar surface area (TPSA) is 85.3 Å². The predicted octanol–water partition coefficient (Wildman–Crippen LogP) is 31.3. The zero-order valence-corrected chi connectivity index (χ0v) is 66.5. The minimum Gasteiger partial charge on any atom is -0.302 e. The quantitative estimate of drug-likeness (QED) is 0.0262. The Morgan fingerprint density at radius 3 is 0.639 bits per heavy atom. The van der Waals surface area contributed by atoms with Gasteiger partial charge in [-0.15, -0.1) is 0 Å². The molecular weight excluding hydrogens is 1190 g/mol. The predicted molar refractivity (Wildman–Crippen MR) is 429 cm³/mol. The van der Waals surface area contributed by atoms with E-state index in [2.05, 4.69) is 52.0 Å². The molecule has 0 N–H and O–H groups in total. The number of carbonyl (C=O) groups is 5. The van der Waals surface area contributed by atoms with Gasteiger partial charge in [0, 0.05) is 38.0 Å². The van der Waals surface area contributed by atoms with Gasteiger partial charge in [-0.2, -0.15) is 0 Å². The van der Waals surface area contributed by atoms with Crippen LogP contribution >= 0.6 is 0 Å². The van der Waals surface area contributed by atoms with Gasteiger partial charge in [0.05, 0.1) is 0 Å². The largest absolute Gasteiger partial charge is 0.302 e. The Morgan fingerprint density at radius 1 is 0.227 bits per heavy atom. The highest BCUT2D eigenvalue weighted by molar-refractivity contribution is 6.21. The molecule has 0 fully saturated rings. The summed E-state index contributed by atoms with van der Waals surface area (Å²) in [6.07, 6.45) is 100. The molecule has 0 spiro atoms. The summed E-state index contributed by atoms with van der Waals surface area (Å²) >= 11 is 0. The van der Waals surface area contributed by atoms with Gasteiger partial charge in [-0.05, 0) is 89.9 Å². The number of unbranched alkanes of at least 4 members (excludes halogenated alkanes) is 64. The first-order valence-corrected chi connectivity index (χ1v) is 44.7. The lowest BCUT2D eigenvalue weighted by Gasteiger charge is -2.33.